The number of anilines is 2. The van der Waals surface area contributed by atoms with Crippen LogP contribution in [-0.4, -0.2) is 51.3 Å². The minimum absolute atomic E-state index is 0.0707. The van der Waals surface area contributed by atoms with Gasteiger partial charge in [0.05, 0.1) is 17.6 Å². The van der Waals surface area contributed by atoms with Crippen LogP contribution >= 0.6 is 0 Å². The van der Waals surface area contributed by atoms with E-state index in [1.807, 2.05) is 32.9 Å². The molecule has 9 heteroatoms. The summed E-state index contributed by atoms with van der Waals surface area (Å²) in [7, 11) is 0. The Kier molecular flexibility index (Phi) is 6.79. The molecule has 0 bridgehead atoms. The van der Waals surface area contributed by atoms with Crippen LogP contribution in [0.25, 0.3) is 11.0 Å². The lowest BCUT2D eigenvalue weighted by Gasteiger charge is -2.39. The summed E-state index contributed by atoms with van der Waals surface area (Å²) < 4.78 is 7.65. The molecule has 5 rings (SSSR count). The summed E-state index contributed by atoms with van der Waals surface area (Å²) in [4.78, 5) is 36.8. The Morgan fingerprint density at radius 1 is 1.11 bits per heavy atom. The molecule has 3 aromatic rings. The number of aromatic nitrogens is 3. The van der Waals surface area contributed by atoms with Crippen LogP contribution in [0.2, 0.25) is 0 Å². The van der Waals surface area contributed by atoms with E-state index >= 15 is 0 Å². The maximum atomic E-state index is 13.3. The normalized spacial score (nSPS) is 20.4. The van der Waals surface area contributed by atoms with Gasteiger partial charge in [-0.15, -0.1) is 0 Å². The standard InChI is InChI=1S/C28H36N6O3/c1-18-14-20(30-27(36)37-28(2,3)4)17-33(16-18)24-10-12-29-15-23(24)32-26(35)22-9-8-19-11-13-34(25(19)31-22)21-6-5-7-21/h8-13,15,18,20-21H,5-7,14,16-17H2,1-4H3,(H,30,36)(H,32,35)/t18-,20+/m1/s1. The molecule has 0 unspecified atom stereocenters. The van der Waals surface area contributed by atoms with Gasteiger partial charge in [0.2, 0.25) is 0 Å². The summed E-state index contributed by atoms with van der Waals surface area (Å²) in [5.74, 6) is 0.0692. The smallest absolute Gasteiger partial charge is 0.407 e. The molecule has 1 saturated carbocycles. The molecule has 2 aliphatic rings. The molecule has 2 atom stereocenters. The van der Waals surface area contributed by atoms with Gasteiger partial charge in [0.15, 0.2) is 0 Å². The molecule has 2 N–H and O–H groups in total. The average Bonchev–Trinajstić information content (AvgIpc) is 3.19. The van der Waals surface area contributed by atoms with Crippen LogP contribution in [0, 0.1) is 5.92 Å². The van der Waals surface area contributed by atoms with Crippen molar-refractivity contribution in [1.82, 2.24) is 19.9 Å². The van der Waals surface area contributed by atoms with Crippen molar-refractivity contribution in [3.63, 3.8) is 0 Å². The minimum atomic E-state index is -0.552. The van der Waals surface area contributed by atoms with Crippen molar-refractivity contribution in [2.45, 2.75) is 71.1 Å². The van der Waals surface area contributed by atoms with Crippen molar-refractivity contribution in [2.24, 2.45) is 5.92 Å². The van der Waals surface area contributed by atoms with Gasteiger partial charge in [-0.2, -0.15) is 0 Å². The molecule has 1 aliphatic heterocycles. The van der Waals surface area contributed by atoms with Crippen LogP contribution in [0.15, 0.2) is 42.9 Å². The number of piperidine rings is 1. The Hall–Kier alpha value is -3.62. The highest BCUT2D eigenvalue weighted by Crippen LogP contribution is 2.34. The van der Waals surface area contributed by atoms with Crippen LogP contribution in [0.4, 0.5) is 16.2 Å². The summed E-state index contributed by atoms with van der Waals surface area (Å²) in [5.41, 5.74) is 2.16. The highest BCUT2D eigenvalue weighted by molar-refractivity contribution is 6.05. The van der Waals surface area contributed by atoms with Gasteiger partial charge in [-0.25, -0.2) is 9.78 Å². The number of hydrogen-bond acceptors (Lipinski definition) is 6. The number of ether oxygens (including phenoxy) is 1. The lowest BCUT2D eigenvalue weighted by molar-refractivity contribution is 0.0495. The SMILES string of the molecule is C[C@@H]1C[C@H](NC(=O)OC(C)(C)C)CN(c2ccncc2NC(=O)c2ccc3ccn(C4CCC4)c3n2)C1. The third-order valence-corrected chi connectivity index (χ3v) is 7.03. The van der Waals surface area contributed by atoms with Crippen LogP contribution < -0.4 is 15.5 Å². The fourth-order valence-electron chi connectivity index (χ4n) is 5.19. The molecule has 2 amide bonds. The zero-order valence-electron chi connectivity index (χ0n) is 22.0. The number of carbonyl (C=O) groups excluding carboxylic acids is 2. The van der Waals surface area contributed by atoms with Crippen molar-refractivity contribution >= 4 is 34.4 Å². The van der Waals surface area contributed by atoms with E-state index in [2.05, 4.69) is 44.3 Å². The lowest BCUT2D eigenvalue weighted by atomic mass is 9.93. The number of nitrogens with one attached hydrogen (secondary N) is 2. The fourth-order valence-corrected chi connectivity index (χ4v) is 5.19. The molecule has 3 aromatic heterocycles. The minimum Gasteiger partial charge on any atom is -0.444 e. The summed E-state index contributed by atoms with van der Waals surface area (Å²) >= 11 is 0. The molecule has 0 aromatic carbocycles. The Balaban J connectivity index is 1.32. The predicted octanol–water partition coefficient (Wildman–Crippen LogP) is 5.15. The molecule has 1 saturated heterocycles. The summed E-state index contributed by atoms with van der Waals surface area (Å²) in [6, 6.07) is 8.07. The molecule has 9 nitrogen and oxygen atoms in total. The maximum absolute atomic E-state index is 13.3. The highest BCUT2D eigenvalue weighted by Gasteiger charge is 2.29. The fraction of sp³-hybridized carbons (Fsp3) is 0.500. The van der Waals surface area contributed by atoms with E-state index in [9.17, 15) is 9.59 Å². The number of amides is 2. The third kappa shape index (κ3) is 5.70. The Bertz CT molecular complexity index is 1290. The predicted molar refractivity (Wildman–Crippen MR) is 144 cm³/mol. The first kappa shape index (κ1) is 25.0. The van der Waals surface area contributed by atoms with E-state index in [-0.39, 0.29) is 11.9 Å². The van der Waals surface area contributed by atoms with Crippen molar-refractivity contribution < 1.29 is 14.3 Å². The first-order valence-corrected chi connectivity index (χ1v) is 13.1. The van der Waals surface area contributed by atoms with E-state index in [0.29, 0.717) is 29.9 Å². The van der Waals surface area contributed by atoms with Gasteiger partial charge in [-0.05, 0) is 76.6 Å². The van der Waals surface area contributed by atoms with Crippen molar-refractivity contribution in [3.8, 4) is 0 Å². The van der Waals surface area contributed by atoms with Crippen molar-refractivity contribution in [2.75, 3.05) is 23.3 Å². The Morgan fingerprint density at radius 3 is 2.65 bits per heavy atom. The van der Waals surface area contributed by atoms with Gasteiger partial charge < -0.3 is 24.8 Å². The van der Waals surface area contributed by atoms with E-state index in [4.69, 9.17) is 9.72 Å². The zero-order valence-corrected chi connectivity index (χ0v) is 22.0. The van der Waals surface area contributed by atoms with Crippen molar-refractivity contribution in [1.29, 1.82) is 0 Å². The average molecular weight is 505 g/mol. The van der Waals surface area contributed by atoms with Gasteiger partial charge in [-0.3, -0.25) is 9.78 Å². The molecular weight excluding hydrogens is 468 g/mol. The monoisotopic (exact) mass is 504 g/mol. The molecule has 1 aliphatic carbocycles. The second kappa shape index (κ2) is 10.0. The Labute approximate surface area is 217 Å². The van der Waals surface area contributed by atoms with Gasteiger partial charge in [0.1, 0.15) is 16.9 Å². The number of carbonyl (C=O) groups is 2. The van der Waals surface area contributed by atoms with Gasteiger partial charge in [-0.1, -0.05) is 6.92 Å². The number of hydrogen-bond donors (Lipinski definition) is 2. The third-order valence-electron chi connectivity index (χ3n) is 7.03. The zero-order chi connectivity index (χ0) is 26.2. The first-order valence-electron chi connectivity index (χ1n) is 13.1. The molecule has 0 radical (unpaired) electrons. The number of pyridine rings is 2. The van der Waals surface area contributed by atoms with Crippen LogP contribution in [-0.2, 0) is 4.74 Å². The van der Waals surface area contributed by atoms with Gasteiger partial charge >= 0.3 is 6.09 Å². The number of rotatable bonds is 5. The van der Waals surface area contributed by atoms with E-state index in [1.54, 1.807) is 18.5 Å². The van der Waals surface area contributed by atoms with Crippen LogP contribution in [0.1, 0.15) is 69.9 Å². The summed E-state index contributed by atoms with van der Waals surface area (Å²) in [6.07, 6.45) is 9.43. The van der Waals surface area contributed by atoms with E-state index < -0.39 is 11.7 Å². The van der Waals surface area contributed by atoms with Crippen molar-refractivity contribution in [3.05, 3.63) is 48.5 Å². The first-order chi connectivity index (χ1) is 17.7. The second-order valence-electron chi connectivity index (χ2n) is 11.4. The molecule has 37 heavy (non-hydrogen) atoms. The Morgan fingerprint density at radius 2 is 1.92 bits per heavy atom. The van der Waals surface area contributed by atoms with Crippen LogP contribution in [0.3, 0.4) is 0 Å². The second-order valence-corrected chi connectivity index (χ2v) is 11.4. The maximum Gasteiger partial charge on any atom is 0.407 e. The molecule has 2 fully saturated rings. The van der Waals surface area contributed by atoms with Crippen LogP contribution in [0.5, 0.6) is 0 Å². The van der Waals surface area contributed by atoms with Gasteiger partial charge in [0, 0.05) is 43.0 Å². The summed E-state index contributed by atoms with van der Waals surface area (Å²) in [5, 5.41) is 7.08. The largest absolute Gasteiger partial charge is 0.444 e. The van der Waals surface area contributed by atoms with E-state index in [1.165, 1.54) is 6.42 Å². The lowest BCUT2D eigenvalue weighted by Crippen LogP contribution is -2.51. The molecule has 196 valence electrons. The molecule has 4 heterocycles. The summed E-state index contributed by atoms with van der Waals surface area (Å²) in [6.45, 7) is 9.13. The van der Waals surface area contributed by atoms with Gasteiger partial charge in [0.25, 0.3) is 5.91 Å². The van der Waals surface area contributed by atoms with E-state index in [0.717, 1.165) is 42.5 Å². The topological polar surface area (TPSA) is 101 Å². The number of nitrogens with zero attached hydrogens (tertiary/aromatic N) is 4. The quantitative estimate of drug-likeness (QED) is 0.498. The number of alkyl carbamates (subject to hydrolysis) is 1. The number of fused-ring (bicyclic) bond motifs is 1. The molecule has 0 spiro atoms. The molecular formula is C28H36N6O3. The highest BCUT2D eigenvalue weighted by atomic mass is 16.6.